The second kappa shape index (κ2) is 9.96. The Hall–Kier alpha value is -2.28. The minimum Gasteiger partial charge on any atom is -0.482 e. The first kappa shape index (κ1) is 21.4. The maximum Gasteiger partial charge on any atom is 0.341 e. The molecule has 1 saturated heterocycles. The summed E-state index contributed by atoms with van der Waals surface area (Å²) in [6, 6.07) is 12.5. The molecule has 0 atom stereocenters. The van der Waals surface area contributed by atoms with Gasteiger partial charge in [0.15, 0.2) is 6.61 Å². The van der Waals surface area contributed by atoms with Crippen LogP contribution in [0.1, 0.15) is 11.1 Å². The van der Waals surface area contributed by atoms with Crippen molar-refractivity contribution in [3.8, 4) is 5.75 Å². The van der Waals surface area contributed by atoms with Crippen LogP contribution in [-0.4, -0.2) is 59.6 Å². The number of nitrogens with zero attached hydrogens (tertiary/aromatic N) is 2. The molecule has 0 aromatic heterocycles. The Kier molecular flexibility index (Phi) is 7.36. The van der Waals surface area contributed by atoms with E-state index in [9.17, 15) is 9.59 Å². The monoisotopic (exact) mass is 436 g/mol. The predicted molar refractivity (Wildman–Crippen MR) is 112 cm³/mol. The fourth-order valence-electron chi connectivity index (χ4n) is 3.28. The van der Waals surface area contributed by atoms with Gasteiger partial charge in [-0.25, -0.2) is 4.79 Å². The summed E-state index contributed by atoms with van der Waals surface area (Å²) in [7, 11) is 0. The van der Waals surface area contributed by atoms with E-state index < -0.39 is 12.6 Å². The number of amides is 1. The molecule has 29 heavy (non-hydrogen) atoms. The Morgan fingerprint density at radius 1 is 1.00 bits per heavy atom. The fraction of sp³-hybridized carbons (Fsp3) is 0.333. The Morgan fingerprint density at radius 2 is 1.72 bits per heavy atom. The van der Waals surface area contributed by atoms with E-state index in [1.54, 1.807) is 24.3 Å². The molecule has 1 fully saturated rings. The van der Waals surface area contributed by atoms with Crippen LogP contribution < -0.4 is 4.74 Å². The van der Waals surface area contributed by atoms with Crippen molar-refractivity contribution in [2.45, 2.75) is 13.0 Å². The van der Waals surface area contributed by atoms with Crippen LogP contribution in [0.3, 0.4) is 0 Å². The lowest BCUT2D eigenvalue weighted by Gasteiger charge is -2.35. The van der Waals surface area contributed by atoms with E-state index in [4.69, 9.17) is 33.0 Å². The van der Waals surface area contributed by atoms with Crippen molar-refractivity contribution < 1.29 is 19.4 Å². The molecular formula is C21H22Cl2N2O4. The van der Waals surface area contributed by atoms with Gasteiger partial charge in [0, 0.05) is 48.3 Å². The second-order valence-corrected chi connectivity index (χ2v) is 7.77. The van der Waals surface area contributed by atoms with Crippen LogP contribution in [0.5, 0.6) is 5.75 Å². The first-order chi connectivity index (χ1) is 13.9. The largest absolute Gasteiger partial charge is 0.482 e. The van der Waals surface area contributed by atoms with Gasteiger partial charge in [-0.2, -0.15) is 0 Å². The van der Waals surface area contributed by atoms with Gasteiger partial charge in [0.1, 0.15) is 5.75 Å². The second-order valence-electron chi connectivity index (χ2n) is 6.90. The highest BCUT2D eigenvalue weighted by molar-refractivity contribution is 6.31. The highest BCUT2D eigenvalue weighted by Gasteiger charge is 2.22. The van der Waals surface area contributed by atoms with Gasteiger partial charge in [0.05, 0.1) is 6.42 Å². The zero-order chi connectivity index (χ0) is 20.8. The summed E-state index contributed by atoms with van der Waals surface area (Å²) in [6.45, 7) is 2.86. The van der Waals surface area contributed by atoms with Gasteiger partial charge < -0.3 is 14.7 Å². The third kappa shape index (κ3) is 6.35. The topological polar surface area (TPSA) is 70.1 Å². The molecule has 2 aromatic carbocycles. The SMILES string of the molecule is O=C(O)COc1ccc(Cl)cc1CN1CCN(C(=O)Cc2cccc(Cl)c2)CC1. The number of rotatable bonds is 7. The van der Waals surface area contributed by atoms with Crippen molar-refractivity contribution in [1.29, 1.82) is 0 Å². The Bertz CT molecular complexity index is 883. The molecule has 0 aliphatic carbocycles. The number of benzene rings is 2. The summed E-state index contributed by atoms with van der Waals surface area (Å²) < 4.78 is 5.37. The van der Waals surface area contributed by atoms with E-state index in [0.29, 0.717) is 54.9 Å². The molecule has 0 spiro atoms. The lowest BCUT2D eigenvalue weighted by Crippen LogP contribution is -2.48. The number of carbonyl (C=O) groups excluding carboxylic acids is 1. The van der Waals surface area contributed by atoms with E-state index in [0.717, 1.165) is 11.1 Å². The van der Waals surface area contributed by atoms with Crippen LogP contribution in [0.2, 0.25) is 10.0 Å². The Morgan fingerprint density at radius 3 is 2.41 bits per heavy atom. The fourth-order valence-corrected chi connectivity index (χ4v) is 3.69. The minimum atomic E-state index is -1.03. The summed E-state index contributed by atoms with van der Waals surface area (Å²) in [5, 5.41) is 10.0. The summed E-state index contributed by atoms with van der Waals surface area (Å²) in [6.07, 6.45) is 0.335. The summed E-state index contributed by atoms with van der Waals surface area (Å²) in [5.41, 5.74) is 1.74. The molecule has 1 aliphatic heterocycles. The number of carboxylic acids is 1. The van der Waals surface area contributed by atoms with Gasteiger partial charge in [0.25, 0.3) is 0 Å². The average Bonchev–Trinajstić information content (AvgIpc) is 2.68. The standard InChI is InChI=1S/C21H22Cl2N2O4/c22-17-3-1-2-15(10-17)11-20(26)25-8-6-24(7-9-25)13-16-12-18(23)4-5-19(16)29-14-21(27)28/h1-5,10,12H,6-9,11,13-14H2,(H,27,28). The van der Waals surface area contributed by atoms with E-state index in [-0.39, 0.29) is 5.91 Å². The molecule has 154 valence electrons. The van der Waals surface area contributed by atoms with Gasteiger partial charge in [-0.1, -0.05) is 35.3 Å². The molecule has 3 rings (SSSR count). The number of ether oxygens (including phenoxy) is 1. The number of aliphatic carboxylic acids is 1. The molecule has 2 aromatic rings. The van der Waals surface area contributed by atoms with Crippen LogP contribution in [0, 0.1) is 0 Å². The van der Waals surface area contributed by atoms with Crippen molar-refractivity contribution in [3.63, 3.8) is 0 Å². The first-order valence-corrected chi connectivity index (χ1v) is 10.0. The Balaban J connectivity index is 1.55. The smallest absolute Gasteiger partial charge is 0.341 e. The lowest BCUT2D eigenvalue weighted by atomic mass is 10.1. The minimum absolute atomic E-state index is 0.0835. The molecule has 1 N–H and O–H groups in total. The molecule has 1 heterocycles. The average molecular weight is 437 g/mol. The number of carbonyl (C=O) groups is 2. The molecule has 0 unspecified atom stereocenters. The van der Waals surface area contributed by atoms with Crippen LogP contribution in [-0.2, 0) is 22.6 Å². The predicted octanol–water partition coefficient (Wildman–Crippen LogP) is 3.34. The van der Waals surface area contributed by atoms with Gasteiger partial charge in [-0.3, -0.25) is 9.69 Å². The van der Waals surface area contributed by atoms with E-state index in [2.05, 4.69) is 4.90 Å². The van der Waals surface area contributed by atoms with Crippen LogP contribution in [0.15, 0.2) is 42.5 Å². The highest BCUT2D eigenvalue weighted by atomic mass is 35.5. The zero-order valence-electron chi connectivity index (χ0n) is 15.8. The molecule has 1 amide bonds. The quantitative estimate of drug-likeness (QED) is 0.720. The number of hydrogen-bond acceptors (Lipinski definition) is 4. The van der Waals surface area contributed by atoms with Crippen molar-refractivity contribution >= 4 is 35.1 Å². The number of carboxylic acid groups (broad SMARTS) is 1. The summed E-state index contributed by atoms with van der Waals surface area (Å²) >= 11 is 12.1. The van der Waals surface area contributed by atoms with E-state index in [1.807, 2.05) is 23.1 Å². The third-order valence-corrected chi connectivity index (χ3v) is 5.21. The van der Waals surface area contributed by atoms with E-state index in [1.165, 1.54) is 0 Å². The van der Waals surface area contributed by atoms with Gasteiger partial charge in [0.2, 0.25) is 5.91 Å². The van der Waals surface area contributed by atoms with Crippen molar-refractivity contribution in [2.24, 2.45) is 0 Å². The molecule has 6 nitrogen and oxygen atoms in total. The molecule has 8 heteroatoms. The molecule has 0 radical (unpaired) electrons. The molecule has 0 bridgehead atoms. The molecular weight excluding hydrogens is 415 g/mol. The van der Waals surface area contributed by atoms with Crippen LogP contribution in [0.4, 0.5) is 0 Å². The number of halogens is 2. The van der Waals surface area contributed by atoms with Crippen LogP contribution >= 0.6 is 23.2 Å². The van der Waals surface area contributed by atoms with Gasteiger partial charge in [-0.15, -0.1) is 0 Å². The van der Waals surface area contributed by atoms with Crippen LogP contribution in [0.25, 0.3) is 0 Å². The van der Waals surface area contributed by atoms with Gasteiger partial charge in [-0.05, 0) is 35.9 Å². The lowest BCUT2D eigenvalue weighted by molar-refractivity contribution is -0.139. The van der Waals surface area contributed by atoms with Crippen molar-refractivity contribution in [3.05, 3.63) is 63.6 Å². The van der Waals surface area contributed by atoms with Crippen molar-refractivity contribution in [2.75, 3.05) is 32.8 Å². The molecule has 1 aliphatic rings. The molecule has 0 saturated carbocycles. The first-order valence-electron chi connectivity index (χ1n) is 9.28. The summed E-state index contributed by atoms with van der Waals surface area (Å²) in [4.78, 5) is 27.4. The summed E-state index contributed by atoms with van der Waals surface area (Å²) in [5.74, 6) is -0.436. The third-order valence-electron chi connectivity index (χ3n) is 4.74. The van der Waals surface area contributed by atoms with E-state index >= 15 is 0 Å². The maximum absolute atomic E-state index is 12.6. The van der Waals surface area contributed by atoms with Gasteiger partial charge >= 0.3 is 5.97 Å². The number of piperazine rings is 1. The zero-order valence-corrected chi connectivity index (χ0v) is 17.3. The number of hydrogen-bond donors (Lipinski definition) is 1. The van der Waals surface area contributed by atoms with Crippen molar-refractivity contribution in [1.82, 2.24) is 9.80 Å². The Labute approximate surface area is 179 Å². The normalized spacial score (nSPS) is 14.6. The maximum atomic E-state index is 12.6. The highest BCUT2D eigenvalue weighted by Crippen LogP contribution is 2.25.